The molecule has 114 valence electrons. The Hall–Kier alpha value is -0.660. The Bertz CT molecular complexity index is 366. The molecule has 1 atom stereocenters. The Labute approximate surface area is 116 Å². The first-order chi connectivity index (χ1) is 8.62. The Balaban J connectivity index is 4.32. The molecule has 0 radical (unpaired) electrons. The maximum absolute atomic E-state index is 11.6. The average molecular weight is 294 g/mol. The van der Waals surface area contributed by atoms with Gasteiger partial charge in [0.2, 0.25) is 0 Å². The van der Waals surface area contributed by atoms with Crippen LogP contribution in [-0.2, 0) is 15.0 Å². The summed E-state index contributed by atoms with van der Waals surface area (Å²) in [6, 6.07) is 0. The topological polar surface area (TPSA) is 95.5 Å². The van der Waals surface area contributed by atoms with E-state index in [1.165, 1.54) is 0 Å². The fourth-order valence-electron chi connectivity index (χ4n) is 1.71. The van der Waals surface area contributed by atoms with Crippen LogP contribution in [0.3, 0.4) is 0 Å². The third-order valence-electron chi connectivity index (χ3n) is 2.51. The lowest BCUT2D eigenvalue weighted by Crippen LogP contribution is -2.41. The van der Waals surface area contributed by atoms with Crippen molar-refractivity contribution < 1.29 is 18.3 Å². The van der Waals surface area contributed by atoms with Crippen molar-refractivity contribution in [2.75, 3.05) is 13.1 Å². The van der Waals surface area contributed by atoms with Crippen LogP contribution in [0.25, 0.3) is 0 Å². The summed E-state index contributed by atoms with van der Waals surface area (Å²) in [6.45, 7) is 8.31. The smallest absolute Gasteiger partial charge is 0.303 e. The van der Waals surface area contributed by atoms with Crippen LogP contribution in [-0.4, -0.2) is 32.6 Å². The van der Waals surface area contributed by atoms with Crippen LogP contribution in [0.15, 0.2) is 0 Å². The van der Waals surface area contributed by atoms with Gasteiger partial charge in [0, 0.05) is 19.5 Å². The zero-order valence-electron chi connectivity index (χ0n) is 12.1. The van der Waals surface area contributed by atoms with Crippen molar-refractivity contribution in [1.29, 1.82) is 0 Å². The van der Waals surface area contributed by atoms with Crippen LogP contribution in [0.2, 0.25) is 0 Å². The van der Waals surface area contributed by atoms with Gasteiger partial charge in [0.1, 0.15) is 0 Å². The van der Waals surface area contributed by atoms with Crippen LogP contribution < -0.4 is 9.44 Å². The van der Waals surface area contributed by atoms with Crippen molar-refractivity contribution in [3.8, 4) is 0 Å². The Morgan fingerprint density at radius 2 is 1.58 bits per heavy atom. The Morgan fingerprint density at radius 3 is 2.00 bits per heavy atom. The third kappa shape index (κ3) is 10.9. The molecular weight excluding hydrogens is 268 g/mol. The van der Waals surface area contributed by atoms with E-state index in [1.807, 2.05) is 27.7 Å². The fourth-order valence-corrected chi connectivity index (χ4v) is 2.82. The first kappa shape index (κ1) is 18.3. The largest absolute Gasteiger partial charge is 0.481 e. The highest BCUT2D eigenvalue weighted by Crippen LogP contribution is 2.14. The normalized spacial score (nSPS) is 14.0. The summed E-state index contributed by atoms with van der Waals surface area (Å²) in [7, 11) is -3.54. The first-order valence-electron chi connectivity index (χ1n) is 6.58. The molecule has 0 heterocycles. The molecule has 0 aliphatic rings. The van der Waals surface area contributed by atoms with E-state index in [9.17, 15) is 13.2 Å². The van der Waals surface area contributed by atoms with E-state index in [0.717, 1.165) is 0 Å². The summed E-state index contributed by atoms with van der Waals surface area (Å²) in [4.78, 5) is 10.7. The van der Waals surface area contributed by atoms with E-state index >= 15 is 0 Å². The summed E-state index contributed by atoms with van der Waals surface area (Å²) in [6.07, 6.45) is 0.657. The molecule has 0 rings (SSSR count). The lowest BCUT2D eigenvalue weighted by atomic mass is 9.94. The highest BCUT2D eigenvalue weighted by atomic mass is 32.2. The fraction of sp³-hybridized carbons (Fsp3) is 0.917. The molecule has 0 spiro atoms. The second kappa shape index (κ2) is 8.50. The van der Waals surface area contributed by atoms with Gasteiger partial charge in [0.05, 0.1) is 0 Å². The van der Waals surface area contributed by atoms with E-state index in [-0.39, 0.29) is 24.8 Å². The molecule has 0 bridgehead atoms. The molecule has 0 aromatic carbocycles. The minimum atomic E-state index is -3.54. The van der Waals surface area contributed by atoms with Crippen LogP contribution >= 0.6 is 0 Å². The van der Waals surface area contributed by atoms with E-state index < -0.39 is 16.2 Å². The predicted octanol–water partition coefficient (Wildman–Crippen LogP) is 1.20. The van der Waals surface area contributed by atoms with Gasteiger partial charge < -0.3 is 5.11 Å². The molecule has 0 saturated heterocycles. The predicted molar refractivity (Wildman–Crippen MR) is 75.0 cm³/mol. The zero-order valence-corrected chi connectivity index (χ0v) is 13.0. The average Bonchev–Trinajstić information content (AvgIpc) is 2.22. The lowest BCUT2D eigenvalue weighted by Gasteiger charge is -2.18. The lowest BCUT2D eigenvalue weighted by molar-refractivity contribution is -0.138. The second-order valence-electron chi connectivity index (χ2n) is 5.69. The summed E-state index contributed by atoms with van der Waals surface area (Å²) in [5.41, 5.74) is 0. The van der Waals surface area contributed by atoms with Gasteiger partial charge in [0.25, 0.3) is 10.2 Å². The van der Waals surface area contributed by atoms with E-state index in [0.29, 0.717) is 18.9 Å². The highest BCUT2D eigenvalue weighted by Gasteiger charge is 2.18. The number of carbonyl (C=O) groups is 1. The SMILES string of the molecule is CC(C)CNS(=O)(=O)NCC(CC(=O)O)CC(C)C. The van der Waals surface area contributed by atoms with Crippen LogP contribution in [0.1, 0.15) is 40.5 Å². The van der Waals surface area contributed by atoms with E-state index in [1.54, 1.807) is 0 Å². The van der Waals surface area contributed by atoms with E-state index in [2.05, 4.69) is 9.44 Å². The van der Waals surface area contributed by atoms with Gasteiger partial charge in [-0.25, -0.2) is 9.44 Å². The summed E-state index contributed by atoms with van der Waals surface area (Å²) in [5, 5.41) is 8.81. The monoisotopic (exact) mass is 294 g/mol. The van der Waals surface area contributed by atoms with Gasteiger partial charge in [-0.3, -0.25) is 4.79 Å². The standard InChI is InChI=1S/C12H26N2O4S/c1-9(2)5-11(6-12(15)16)8-14-19(17,18)13-7-10(3)4/h9-11,13-14H,5-8H2,1-4H3,(H,15,16). The Kier molecular flexibility index (Phi) is 8.20. The summed E-state index contributed by atoms with van der Waals surface area (Å²) < 4.78 is 28.1. The maximum atomic E-state index is 11.6. The summed E-state index contributed by atoms with van der Waals surface area (Å²) in [5.74, 6) is -0.535. The quantitative estimate of drug-likeness (QED) is 0.564. The van der Waals surface area contributed by atoms with Crippen LogP contribution in [0.4, 0.5) is 0 Å². The van der Waals surface area contributed by atoms with E-state index in [4.69, 9.17) is 5.11 Å². The van der Waals surface area contributed by atoms with Gasteiger partial charge in [0.15, 0.2) is 0 Å². The van der Waals surface area contributed by atoms with Gasteiger partial charge in [-0.15, -0.1) is 0 Å². The second-order valence-corrected chi connectivity index (χ2v) is 7.27. The molecular formula is C12H26N2O4S. The molecule has 0 saturated carbocycles. The van der Waals surface area contributed by atoms with Gasteiger partial charge in [-0.2, -0.15) is 8.42 Å². The van der Waals surface area contributed by atoms with Crippen molar-refractivity contribution >= 4 is 16.2 Å². The van der Waals surface area contributed by atoms with Crippen molar-refractivity contribution in [1.82, 2.24) is 9.44 Å². The minimum absolute atomic E-state index is 0.0229. The van der Waals surface area contributed by atoms with Gasteiger partial charge in [-0.05, 0) is 24.2 Å². The summed E-state index contributed by atoms with van der Waals surface area (Å²) >= 11 is 0. The maximum Gasteiger partial charge on any atom is 0.303 e. The van der Waals surface area contributed by atoms with Crippen molar-refractivity contribution in [3.63, 3.8) is 0 Å². The molecule has 0 aromatic heterocycles. The molecule has 0 fully saturated rings. The molecule has 0 aliphatic carbocycles. The molecule has 1 unspecified atom stereocenters. The number of hydrogen-bond acceptors (Lipinski definition) is 3. The van der Waals surface area contributed by atoms with Crippen LogP contribution in [0.5, 0.6) is 0 Å². The minimum Gasteiger partial charge on any atom is -0.481 e. The molecule has 19 heavy (non-hydrogen) atoms. The first-order valence-corrected chi connectivity index (χ1v) is 8.06. The third-order valence-corrected chi connectivity index (χ3v) is 3.61. The highest BCUT2D eigenvalue weighted by molar-refractivity contribution is 7.87. The number of nitrogens with one attached hydrogen (secondary N) is 2. The van der Waals surface area contributed by atoms with Crippen LogP contribution in [0, 0.1) is 17.8 Å². The van der Waals surface area contributed by atoms with Crippen molar-refractivity contribution in [2.45, 2.75) is 40.5 Å². The Morgan fingerprint density at radius 1 is 1.05 bits per heavy atom. The number of hydrogen-bond donors (Lipinski definition) is 3. The van der Waals surface area contributed by atoms with Gasteiger partial charge >= 0.3 is 5.97 Å². The molecule has 3 N–H and O–H groups in total. The molecule has 0 aliphatic heterocycles. The zero-order chi connectivity index (χ0) is 15.1. The molecule has 6 nitrogen and oxygen atoms in total. The molecule has 0 aromatic rings. The number of aliphatic carboxylic acids is 1. The van der Waals surface area contributed by atoms with Crippen molar-refractivity contribution in [2.24, 2.45) is 17.8 Å². The number of carboxylic acid groups (broad SMARTS) is 1. The molecule has 0 amide bonds. The number of carboxylic acids is 1. The molecule has 7 heteroatoms. The van der Waals surface area contributed by atoms with Crippen molar-refractivity contribution in [3.05, 3.63) is 0 Å². The number of rotatable bonds is 10. The van der Waals surface area contributed by atoms with Gasteiger partial charge in [-0.1, -0.05) is 27.7 Å².